The van der Waals surface area contributed by atoms with Crippen LogP contribution in [-0.2, 0) is 19.1 Å². The summed E-state index contributed by atoms with van der Waals surface area (Å²) in [6.45, 7) is 4.09. The monoisotopic (exact) mass is 259 g/mol. The number of ether oxygens (including phenoxy) is 2. The van der Waals surface area contributed by atoms with Gasteiger partial charge < -0.3 is 19.5 Å². The quantitative estimate of drug-likeness (QED) is 0.720. The molecule has 0 saturated carbocycles. The molecule has 0 unspecified atom stereocenters. The number of carbonyl (C=O) groups excluding carboxylic acids is 1. The van der Waals surface area contributed by atoms with Gasteiger partial charge in [0.15, 0.2) is 0 Å². The van der Waals surface area contributed by atoms with Crippen molar-refractivity contribution in [2.45, 2.75) is 32.3 Å². The predicted octanol–water partition coefficient (Wildman–Crippen LogP) is 0.505. The normalized spacial score (nSPS) is 16.8. The van der Waals surface area contributed by atoms with E-state index in [9.17, 15) is 9.59 Å². The van der Waals surface area contributed by atoms with Gasteiger partial charge in [-0.05, 0) is 19.8 Å². The first-order valence-electron chi connectivity index (χ1n) is 6.32. The second-order valence-corrected chi connectivity index (χ2v) is 4.23. The number of carboxylic acid groups (broad SMARTS) is 1. The molecule has 6 heteroatoms. The highest BCUT2D eigenvalue weighted by atomic mass is 16.5. The van der Waals surface area contributed by atoms with Gasteiger partial charge >= 0.3 is 5.97 Å². The van der Waals surface area contributed by atoms with Crippen LogP contribution in [0.2, 0.25) is 0 Å². The summed E-state index contributed by atoms with van der Waals surface area (Å²) in [6.07, 6.45) is 1.62. The van der Waals surface area contributed by atoms with E-state index in [4.69, 9.17) is 14.6 Å². The highest BCUT2D eigenvalue weighted by Crippen LogP contribution is 2.14. The van der Waals surface area contributed by atoms with E-state index in [1.807, 2.05) is 6.92 Å². The molecule has 0 aliphatic carbocycles. The summed E-state index contributed by atoms with van der Waals surface area (Å²) in [5.41, 5.74) is 0. The first-order valence-corrected chi connectivity index (χ1v) is 6.32. The molecule has 18 heavy (non-hydrogen) atoms. The number of nitrogens with zero attached hydrogens (tertiary/aromatic N) is 1. The topological polar surface area (TPSA) is 76.1 Å². The Bertz CT molecular complexity index is 274. The molecule has 0 aromatic carbocycles. The molecule has 1 amide bonds. The van der Waals surface area contributed by atoms with Crippen molar-refractivity contribution >= 4 is 11.9 Å². The van der Waals surface area contributed by atoms with Crippen molar-refractivity contribution in [1.82, 2.24) is 4.90 Å². The average molecular weight is 259 g/mol. The molecule has 104 valence electrons. The largest absolute Gasteiger partial charge is 0.481 e. The van der Waals surface area contributed by atoms with E-state index in [1.54, 1.807) is 4.90 Å². The van der Waals surface area contributed by atoms with Crippen molar-refractivity contribution in [3.05, 3.63) is 0 Å². The summed E-state index contributed by atoms with van der Waals surface area (Å²) in [5, 5.41) is 8.49. The van der Waals surface area contributed by atoms with Crippen LogP contribution in [0.1, 0.15) is 26.2 Å². The number of piperidine rings is 1. The number of hydrogen-bond donors (Lipinski definition) is 1. The van der Waals surface area contributed by atoms with Crippen molar-refractivity contribution in [3.8, 4) is 0 Å². The maximum atomic E-state index is 11.6. The maximum Gasteiger partial charge on any atom is 0.305 e. The Morgan fingerprint density at radius 3 is 2.56 bits per heavy atom. The number of carboxylic acids is 1. The summed E-state index contributed by atoms with van der Waals surface area (Å²) in [5.74, 6) is -0.833. The van der Waals surface area contributed by atoms with Gasteiger partial charge in [0, 0.05) is 19.7 Å². The number of carbonyl (C=O) groups is 2. The Morgan fingerprint density at radius 1 is 1.33 bits per heavy atom. The molecule has 1 aliphatic rings. The fourth-order valence-electron chi connectivity index (χ4n) is 1.87. The van der Waals surface area contributed by atoms with E-state index in [1.165, 1.54) is 0 Å². The SMILES string of the molecule is CCOCC(=O)N1CCC(OCCC(=O)O)CC1. The summed E-state index contributed by atoms with van der Waals surface area (Å²) in [4.78, 5) is 23.8. The first kappa shape index (κ1) is 14.9. The Hall–Kier alpha value is -1.14. The number of likely N-dealkylation sites (tertiary alicyclic amines) is 1. The fraction of sp³-hybridized carbons (Fsp3) is 0.833. The summed E-state index contributed by atoms with van der Waals surface area (Å²) >= 11 is 0. The van der Waals surface area contributed by atoms with Gasteiger partial charge in [0.25, 0.3) is 0 Å². The lowest BCUT2D eigenvalue weighted by Gasteiger charge is -2.31. The number of amides is 1. The third kappa shape index (κ3) is 5.46. The number of hydrogen-bond acceptors (Lipinski definition) is 4. The van der Waals surface area contributed by atoms with Crippen LogP contribution in [0.3, 0.4) is 0 Å². The van der Waals surface area contributed by atoms with Gasteiger partial charge in [0.2, 0.25) is 5.91 Å². The molecule has 1 saturated heterocycles. The first-order chi connectivity index (χ1) is 8.63. The van der Waals surface area contributed by atoms with Gasteiger partial charge in [-0.15, -0.1) is 0 Å². The van der Waals surface area contributed by atoms with Gasteiger partial charge in [-0.3, -0.25) is 9.59 Å². The lowest BCUT2D eigenvalue weighted by molar-refractivity contribution is -0.140. The van der Waals surface area contributed by atoms with Crippen LogP contribution in [0.5, 0.6) is 0 Å². The van der Waals surface area contributed by atoms with Crippen LogP contribution < -0.4 is 0 Å². The number of rotatable bonds is 7. The molecule has 1 aliphatic heterocycles. The minimum absolute atomic E-state index is 0.0147. The molecule has 0 bridgehead atoms. The molecule has 6 nitrogen and oxygen atoms in total. The van der Waals surface area contributed by atoms with Crippen LogP contribution in [0.4, 0.5) is 0 Å². The van der Waals surface area contributed by atoms with Crippen molar-refractivity contribution in [2.75, 3.05) is 32.9 Å². The van der Waals surface area contributed by atoms with E-state index in [2.05, 4.69) is 0 Å². The third-order valence-electron chi connectivity index (χ3n) is 2.89. The van der Waals surface area contributed by atoms with Crippen molar-refractivity contribution in [1.29, 1.82) is 0 Å². The van der Waals surface area contributed by atoms with Gasteiger partial charge in [-0.2, -0.15) is 0 Å². The number of aliphatic carboxylic acids is 1. The van der Waals surface area contributed by atoms with Crippen LogP contribution in [0.25, 0.3) is 0 Å². The van der Waals surface area contributed by atoms with Crippen molar-refractivity contribution in [2.24, 2.45) is 0 Å². The average Bonchev–Trinajstić information content (AvgIpc) is 2.36. The fourth-order valence-corrected chi connectivity index (χ4v) is 1.87. The Kier molecular flexibility index (Phi) is 6.67. The van der Waals surface area contributed by atoms with E-state index in [0.717, 1.165) is 12.8 Å². The maximum absolute atomic E-state index is 11.6. The summed E-state index contributed by atoms with van der Waals surface area (Å²) in [7, 11) is 0. The molecule has 1 heterocycles. The Labute approximate surface area is 107 Å². The minimum Gasteiger partial charge on any atom is -0.481 e. The molecule has 1 fully saturated rings. The Morgan fingerprint density at radius 2 is 2.00 bits per heavy atom. The van der Waals surface area contributed by atoms with Crippen LogP contribution in [-0.4, -0.2) is 60.9 Å². The zero-order valence-electron chi connectivity index (χ0n) is 10.8. The van der Waals surface area contributed by atoms with E-state index >= 15 is 0 Å². The molecule has 0 aromatic rings. The molecule has 0 atom stereocenters. The molecule has 0 radical (unpaired) electrons. The van der Waals surface area contributed by atoms with E-state index in [0.29, 0.717) is 19.7 Å². The van der Waals surface area contributed by atoms with Gasteiger partial charge in [0.1, 0.15) is 6.61 Å². The molecule has 0 aromatic heterocycles. The lowest BCUT2D eigenvalue weighted by Crippen LogP contribution is -2.42. The van der Waals surface area contributed by atoms with Gasteiger partial charge in [0.05, 0.1) is 19.1 Å². The predicted molar refractivity (Wildman–Crippen MR) is 64.3 cm³/mol. The zero-order chi connectivity index (χ0) is 13.4. The summed E-state index contributed by atoms with van der Waals surface area (Å²) < 4.78 is 10.5. The molecular weight excluding hydrogens is 238 g/mol. The van der Waals surface area contributed by atoms with Crippen molar-refractivity contribution < 1.29 is 24.2 Å². The lowest BCUT2D eigenvalue weighted by atomic mass is 10.1. The standard InChI is InChI=1S/C12H21NO5/c1-2-17-9-11(14)13-6-3-10(4-7-13)18-8-5-12(15)16/h10H,2-9H2,1H3,(H,15,16). The second-order valence-electron chi connectivity index (χ2n) is 4.23. The van der Waals surface area contributed by atoms with Crippen LogP contribution in [0.15, 0.2) is 0 Å². The van der Waals surface area contributed by atoms with Gasteiger partial charge in [-0.1, -0.05) is 0 Å². The minimum atomic E-state index is -0.848. The van der Waals surface area contributed by atoms with E-state index in [-0.39, 0.29) is 31.6 Å². The Balaban J connectivity index is 2.16. The van der Waals surface area contributed by atoms with E-state index < -0.39 is 5.97 Å². The molecule has 1 rings (SSSR count). The highest BCUT2D eigenvalue weighted by Gasteiger charge is 2.23. The smallest absolute Gasteiger partial charge is 0.305 e. The zero-order valence-corrected chi connectivity index (χ0v) is 10.8. The van der Waals surface area contributed by atoms with Crippen LogP contribution >= 0.6 is 0 Å². The van der Waals surface area contributed by atoms with Gasteiger partial charge in [-0.25, -0.2) is 0 Å². The summed E-state index contributed by atoms with van der Waals surface area (Å²) in [6, 6.07) is 0. The molecule has 1 N–H and O–H groups in total. The molecule has 0 spiro atoms. The molecular formula is C12H21NO5. The van der Waals surface area contributed by atoms with Crippen LogP contribution in [0, 0.1) is 0 Å². The third-order valence-corrected chi connectivity index (χ3v) is 2.89. The highest BCUT2D eigenvalue weighted by molar-refractivity contribution is 5.77. The second kappa shape index (κ2) is 8.05. The van der Waals surface area contributed by atoms with Crippen molar-refractivity contribution in [3.63, 3.8) is 0 Å².